The Balaban J connectivity index is 0.000000198. The van der Waals surface area contributed by atoms with E-state index in [0.717, 1.165) is 50.5 Å². The van der Waals surface area contributed by atoms with Crippen molar-refractivity contribution in [3.63, 3.8) is 0 Å². The molecule has 0 saturated heterocycles. The van der Waals surface area contributed by atoms with Crippen molar-refractivity contribution in [3.8, 4) is 22.5 Å². The maximum Gasteiger partial charge on any atom is 0.216 e. The third kappa shape index (κ3) is 7.88. The van der Waals surface area contributed by atoms with Crippen LogP contribution in [0.25, 0.3) is 44.6 Å². The van der Waals surface area contributed by atoms with Gasteiger partial charge in [0, 0.05) is 43.6 Å². The topological polar surface area (TPSA) is 51.8 Å². The molecule has 0 aliphatic heterocycles. The Morgan fingerprint density at radius 3 is 2.33 bits per heavy atom. The minimum atomic E-state index is -1.34. The molecule has 4 aromatic heterocycles. The number of furan rings is 1. The van der Waals surface area contributed by atoms with Crippen LogP contribution in [0.1, 0.15) is 81.5 Å². The predicted octanol–water partition coefficient (Wildman–Crippen LogP) is 11.1. The summed E-state index contributed by atoms with van der Waals surface area (Å²) in [5.74, 6) is 1.87. The first-order valence-corrected chi connectivity index (χ1v) is 20.7. The monoisotopic (exact) mass is 830 g/mol. The molecule has 7 rings (SSSR count). The van der Waals surface area contributed by atoms with Crippen molar-refractivity contribution in [2.45, 2.75) is 91.3 Å². The average Bonchev–Trinajstić information content (AvgIpc) is 3.46. The molecule has 48 heavy (non-hydrogen) atoms. The number of rotatable bonds is 6. The van der Waals surface area contributed by atoms with Gasteiger partial charge in [-0.15, -0.1) is 54.1 Å². The molecule has 0 amide bonds. The van der Waals surface area contributed by atoms with E-state index in [-0.39, 0.29) is 20.1 Å². The van der Waals surface area contributed by atoms with Crippen molar-refractivity contribution < 1.29 is 24.5 Å². The van der Waals surface area contributed by atoms with Gasteiger partial charge in [-0.2, -0.15) is 0 Å². The van der Waals surface area contributed by atoms with Crippen LogP contribution in [0.2, 0.25) is 19.6 Å². The molecule has 1 aliphatic carbocycles. The molecule has 0 spiro atoms. The molecule has 1 unspecified atom stereocenters. The molecule has 1 radical (unpaired) electrons. The van der Waals surface area contributed by atoms with Crippen LogP contribution >= 0.6 is 0 Å². The van der Waals surface area contributed by atoms with Gasteiger partial charge in [-0.3, -0.25) is 0 Å². The standard InChI is InChI=1S/C25H25N2O.C17H22NSi.Ir/c1-16-11-12-21-20-9-6-10-22(24(20)28-25(21)27-16)23-15-19(13-14-26-23)17(2)18-7-4-3-5-8-18;1-13(2)15-11-16(14-9-7-6-8-10-14)18-12-17(15)19(3,4)5;/h6,9,11-15,17-18H,3-5,7-8H2,1-2H3;6-9,11-13H,1-5H3;/q2*-1;. The summed E-state index contributed by atoms with van der Waals surface area (Å²) in [7, 11) is -1.34. The first kappa shape index (κ1) is 35.9. The molecule has 4 heterocycles. The third-order valence-electron chi connectivity index (χ3n) is 9.71. The van der Waals surface area contributed by atoms with Gasteiger partial charge in [0.2, 0.25) is 5.71 Å². The van der Waals surface area contributed by atoms with Gasteiger partial charge in [-0.1, -0.05) is 93.9 Å². The number of hydrogen-bond acceptors (Lipinski definition) is 4. The van der Waals surface area contributed by atoms with Crippen LogP contribution in [-0.4, -0.2) is 23.0 Å². The van der Waals surface area contributed by atoms with Crippen molar-refractivity contribution in [2.24, 2.45) is 5.92 Å². The molecule has 6 heteroatoms. The molecular formula is C42H47IrN3OSi-2. The van der Waals surface area contributed by atoms with E-state index >= 15 is 0 Å². The van der Waals surface area contributed by atoms with Crippen LogP contribution in [0.5, 0.6) is 0 Å². The molecule has 0 N–H and O–H groups in total. The fourth-order valence-corrected chi connectivity index (χ4v) is 8.63. The van der Waals surface area contributed by atoms with Gasteiger partial charge < -0.3 is 14.4 Å². The maximum absolute atomic E-state index is 6.15. The van der Waals surface area contributed by atoms with Gasteiger partial charge in [0.15, 0.2) is 0 Å². The first-order valence-electron chi connectivity index (χ1n) is 17.2. The van der Waals surface area contributed by atoms with Gasteiger partial charge in [0.25, 0.3) is 0 Å². The summed E-state index contributed by atoms with van der Waals surface area (Å²) in [4.78, 5) is 13.9. The second kappa shape index (κ2) is 15.4. The zero-order chi connectivity index (χ0) is 33.1. The van der Waals surface area contributed by atoms with Crippen molar-refractivity contribution in [3.05, 3.63) is 108 Å². The number of fused-ring (bicyclic) bond motifs is 3. The average molecular weight is 830 g/mol. The zero-order valence-electron chi connectivity index (χ0n) is 29.4. The van der Waals surface area contributed by atoms with E-state index in [4.69, 9.17) is 4.42 Å². The second-order valence-corrected chi connectivity index (χ2v) is 19.5. The molecule has 1 aliphatic rings. The molecule has 1 atom stereocenters. The van der Waals surface area contributed by atoms with Gasteiger partial charge in [0.05, 0.1) is 13.7 Å². The predicted molar refractivity (Wildman–Crippen MR) is 199 cm³/mol. The van der Waals surface area contributed by atoms with E-state index in [1.54, 1.807) is 0 Å². The van der Waals surface area contributed by atoms with E-state index < -0.39 is 8.07 Å². The smallest absolute Gasteiger partial charge is 0.216 e. The Bertz CT molecular complexity index is 1970. The van der Waals surface area contributed by atoms with Crippen molar-refractivity contribution >= 4 is 35.3 Å². The molecule has 1 saturated carbocycles. The van der Waals surface area contributed by atoms with Gasteiger partial charge in [0.1, 0.15) is 0 Å². The molecule has 2 aromatic carbocycles. The third-order valence-corrected chi connectivity index (χ3v) is 11.7. The van der Waals surface area contributed by atoms with E-state index in [9.17, 15) is 0 Å². The summed E-state index contributed by atoms with van der Waals surface area (Å²) in [5.41, 5.74) is 9.24. The van der Waals surface area contributed by atoms with Crippen LogP contribution in [0.15, 0.2) is 83.5 Å². The summed E-state index contributed by atoms with van der Waals surface area (Å²) >= 11 is 0. The minimum absolute atomic E-state index is 0. The molecule has 6 aromatic rings. The second-order valence-electron chi connectivity index (χ2n) is 14.5. The summed E-state index contributed by atoms with van der Waals surface area (Å²) in [5, 5.41) is 3.59. The van der Waals surface area contributed by atoms with E-state index in [1.165, 1.54) is 48.4 Å². The number of benzene rings is 2. The Kier molecular flexibility index (Phi) is 11.5. The normalized spacial score (nSPS) is 14.4. The summed E-state index contributed by atoms with van der Waals surface area (Å²) in [6.07, 6.45) is 10.8. The quantitative estimate of drug-likeness (QED) is 0.124. The summed E-state index contributed by atoms with van der Waals surface area (Å²) < 4.78 is 6.15. The van der Waals surface area contributed by atoms with Crippen LogP contribution in [0.3, 0.4) is 0 Å². The number of hydrogen-bond donors (Lipinski definition) is 0. The van der Waals surface area contributed by atoms with E-state index in [2.05, 4.69) is 110 Å². The number of pyridine rings is 3. The minimum Gasteiger partial charge on any atom is -0.486 e. The van der Waals surface area contributed by atoms with Crippen LogP contribution in [-0.2, 0) is 20.1 Å². The Morgan fingerprint density at radius 1 is 0.833 bits per heavy atom. The van der Waals surface area contributed by atoms with Crippen molar-refractivity contribution in [1.29, 1.82) is 0 Å². The molecule has 0 bridgehead atoms. The SMILES string of the molecule is CC(C)c1cc(-c2[c-]cccc2)ncc1[Si](C)(C)C.Cc1ccc2c(n1)oc1c(-c3cc(C(C)C4CCCCC4)ccn3)[c-]ccc12.[Ir]. The Hall–Kier alpha value is -3.44. The summed E-state index contributed by atoms with van der Waals surface area (Å²) in [6.45, 7) is 16.0. The van der Waals surface area contributed by atoms with Crippen LogP contribution in [0, 0.1) is 25.0 Å². The largest absolute Gasteiger partial charge is 0.486 e. The van der Waals surface area contributed by atoms with Crippen molar-refractivity contribution in [2.75, 3.05) is 0 Å². The van der Waals surface area contributed by atoms with Crippen LogP contribution in [0.4, 0.5) is 0 Å². The number of nitrogens with zero attached hydrogens (tertiary/aromatic N) is 3. The van der Waals surface area contributed by atoms with Crippen molar-refractivity contribution in [1.82, 2.24) is 15.0 Å². The number of aromatic nitrogens is 3. The first-order chi connectivity index (χ1) is 22.6. The fourth-order valence-electron chi connectivity index (χ4n) is 6.95. The van der Waals surface area contributed by atoms with Crippen LogP contribution < -0.4 is 5.19 Å². The summed E-state index contributed by atoms with van der Waals surface area (Å²) in [6, 6.07) is 29.4. The van der Waals surface area contributed by atoms with E-state index in [0.29, 0.717) is 17.5 Å². The van der Waals surface area contributed by atoms with Gasteiger partial charge in [-0.25, -0.2) is 4.98 Å². The molecular weight excluding hydrogens is 783 g/mol. The maximum atomic E-state index is 6.15. The number of aryl methyl sites for hydroxylation is 1. The Labute approximate surface area is 301 Å². The Morgan fingerprint density at radius 2 is 1.62 bits per heavy atom. The molecule has 251 valence electrons. The van der Waals surface area contributed by atoms with E-state index in [1.807, 2.05) is 43.5 Å². The fraction of sp³-hybridized carbons (Fsp3) is 0.357. The van der Waals surface area contributed by atoms with Gasteiger partial charge in [-0.05, 0) is 72.3 Å². The molecule has 4 nitrogen and oxygen atoms in total. The molecule has 1 fully saturated rings. The van der Waals surface area contributed by atoms with Gasteiger partial charge >= 0.3 is 0 Å². The zero-order valence-corrected chi connectivity index (χ0v) is 32.8.